The molecule has 0 spiro atoms. The zero-order chi connectivity index (χ0) is 14.4. The van der Waals surface area contributed by atoms with E-state index in [9.17, 15) is 4.39 Å². The molecule has 21 heavy (non-hydrogen) atoms. The van der Waals surface area contributed by atoms with Gasteiger partial charge in [-0.2, -0.15) is 4.98 Å². The first-order chi connectivity index (χ1) is 10.2. The maximum Gasteiger partial charge on any atom is 0.261 e. The van der Waals surface area contributed by atoms with E-state index < -0.39 is 5.82 Å². The predicted molar refractivity (Wildman–Crippen MR) is 77.2 cm³/mol. The molecule has 1 aliphatic rings. The number of halogens is 1. The second-order valence-electron chi connectivity index (χ2n) is 4.88. The molecule has 1 aliphatic carbocycles. The van der Waals surface area contributed by atoms with E-state index in [-0.39, 0.29) is 0 Å². The minimum absolute atomic E-state index is 0.336. The standard InChI is InChI=1S/C14H11FN4OS/c15-7-4-5-9(17-6-7)13-18-14(20-19-13)11-8-2-1-3-10(8)21-12(11)16/h4-6H,1-3,16H2. The summed E-state index contributed by atoms with van der Waals surface area (Å²) in [6, 6.07) is 2.83. The molecule has 0 unspecified atom stereocenters. The number of nitrogens with zero attached hydrogens (tertiary/aromatic N) is 3. The summed E-state index contributed by atoms with van der Waals surface area (Å²) in [5, 5.41) is 4.63. The van der Waals surface area contributed by atoms with Crippen LogP contribution in [0.5, 0.6) is 0 Å². The Labute approximate surface area is 123 Å². The average Bonchev–Trinajstić information content (AvgIpc) is 3.15. The molecule has 4 rings (SSSR count). The molecule has 0 bridgehead atoms. The van der Waals surface area contributed by atoms with Crippen molar-refractivity contribution >= 4 is 16.3 Å². The highest BCUT2D eigenvalue weighted by atomic mass is 32.1. The Morgan fingerprint density at radius 1 is 1.29 bits per heavy atom. The second kappa shape index (κ2) is 4.63. The molecule has 2 N–H and O–H groups in total. The largest absolute Gasteiger partial charge is 0.390 e. The van der Waals surface area contributed by atoms with E-state index in [1.807, 2.05) is 0 Å². The van der Waals surface area contributed by atoms with Gasteiger partial charge in [0.15, 0.2) is 0 Å². The third kappa shape index (κ3) is 2.01. The van der Waals surface area contributed by atoms with Gasteiger partial charge in [-0.05, 0) is 37.0 Å². The molecule has 0 aliphatic heterocycles. The van der Waals surface area contributed by atoms with Crippen molar-refractivity contribution in [3.63, 3.8) is 0 Å². The quantitative estimate of drug-likeness (QED) is 0.787. The highest BCUT2D eigenvalue weighted by Gasteiger charge is 2.25. The van der Waals surface area contributed by atoms with Gasteiger partial charge in [0.2, 0.25) is 5.82 Å². The van der Waals surface area contributed by atoms with Crippen LogP contribution in [0.25, 0.3) is 23.0 Å². The van der Waals surface area contributed by atoms with Crippen LogP contribution in [-0.2, 0) is 12.8 Å². The fourth-order valence-corrected chi connectivity index (χ4v) is 3.75. The predicted octanol–water partition coefficient (Wildman–Crippen LogP) is 3.07. The van der Waals surface area contributed by atoms with Crippen molar-refractivity contribution in [2.45, 2.75) is 19.3 Å². The molecule has 0 saturated heterocycles. The number of aromatic nitrogens is 3. The van der Waals surface area contributed by atoms with Crippen molar-refractivity contribution in [2.75, 3.05) is 5.73 Å². The van der Waals surface area contributed by atoms with Crippen LogP contribution in [0.2, 0.25) is 0 Å². The molecule has 0 aromatic carbocycles. The lowest BCUT2D eigenvalue weighted by Gasteiger charge is -1.96. The first-order valence-corrected chi connectivity index (χ1v) is 7.40. The number of rotatable bonds is 2. The number of anilines is 1. The maximum atomic E-state index is 12.9. The van der Waals surface area contributed by atoms with E-state index in [4.69, 9.17) is 10.3 Å². The van der Waals surface area contributed by atoms with E-state index in [1.54, 1.807) is 11.3 Å². The van der Waals surface area contributed by atoms with Crippen LogP contribution >= 0.6 is 11.3 Å². The second-order valence-corrected chi connectivity index (χ2v) is 6.02. The number of thiophene rings is 1. The molecule has 3 aromatic heterocycles. The highest BCUT2D eigenvalue weighted by Crippen LogP contribution is 2.42. The molecule has 3 aromatic rings. The van der Waals surface area contributed by atoms with Crippen LogP contribution in [0.4, 0.5) is 9.39 Å². The van der Waals surface area contributed by atoms with Gasteiger partial charge in [0.05, 0.1) is 16.8 Å². The number of pyridine rings is 1. The van der Waals surface area contributed by atoms with E-state index in [0.29, 0.717) is 22.4 Å². The Balaban J connectivity index is 1.77. The molecule has 0 radical (unpaired) electrons. The molecule has 0 atom stereocenters. The Hall–Kier alpha value is -2.28. The van der Waals surface area contributed by atoms with E-state index >= 15 is 0 Å². The number of fused-ring (bicyclic) bond motifs is 1. The average molecular weight is 302 g/mol. The molecule has 0 fully saturated rings. The minimum Gasteiger partial charge on any atom is -0.390 e. The molecule has 5 nitrogen and oxygen atoms in total. The number of nitrogens with two attached hydrogens (primary N) is 1. The minimum atomic E-state index is -0.401. The Bertz CT molecular complexity index is 809. The summed E-state index contributed by atoms with van der Waals surface area (Å²) in [6.45, 7) is 0. The summed E-state index contributed by atoms with van der Waals surface area (Å²) in [5.74, 6) is 0.345. The maximum absolute atomic E-state index is 12.9. The molecule has 0 saturated carbocycles. The van der Waals surface area contributed by atoms with Gasteiger partial charge in [0.25, 0.3) is 5.89 Å². The molecular formula is C14H11FN4OS. The summed E-state index contributed by atoms with van der Waals surface area (Å²) in [4.78, 5) is 9.61. The summed E-state index contributed by atoms with van der Waals surface area (Å²) in [7, 11) is 0. The van der Waals surface area contributed by atoms with Crippen LogP contribution in [0.3, 0.4) is 0 Å². The Kier molecular flexibility index (Phi) is 2.75. The summed E-state index contributed by atoms with van der Waals surface area (Å²) in [5.41, 5.74) is 8.62. The highest BCUT2D eigenvalue weighted by molar-refractivity contribution is 7.16. The number of hydrogen-bond acceptors (Lipinski definition) is 6. The van der Waals surface area contributed by atoms with E-state index in [2.05, 4.69) is 15.1 Å². The van der Waals surface area contributed by atoms with Crippen LogP contribution in [-0.4, -0.2) is 15.1 Å². The van der Waals surface area contributed by atoms with E-state index in [1.165, 1.54) is 22.6 Å². The summed E-state index contributed by atoms with van der Waals surface area (Å²) in [6.07, 6.45) is 4.31. The lowest BCUT2D eigenvalue weighted by Crippen LogP contribution is -1.89. The normalized spacial score (nSPS) is 13.6. The van der Waals surface area contributed by atoms with Gasteiger partial charge in [-0.25, -0.2) is 9.37 Å². The van der Waals surface area contributed by atoms with Gasteiger partial charge >= 0.3 is 0 Å². The first-order valence-electron chi connectivity index (χ1n) is 6.58. The zero-order valence-electron chi connectivity index (χ0n) is 11.0. The fourth-order valence-electron chi connectivity index (χ4n) is 2.60. The number of nitrogen functional groups attached to an aromatic ring is 1. The van der Waals surface area contributed by atoms with Crippen molar-refractivity contribution in [2.24, 2.45) is 0 Å². The molecular weight excluding hydrogens is 291 g/mol. The lowest BCUT2D eigenvalue weighted by molar-refractivity contribution is 0.432. The van der Waals surface area contributed by atoms with Gasteiger partial charge < -0.3 is 10.3 Å². The van der Waals surface area contributed by atoms with Gasteiger partial charge in [0, 0.05) is 4.88 Å². The summed E-state index contributed by atoms with van der Waals surface area (Å²) >= 11 is 1.59. The number of hydrogen-bond donors (Lipinski definition) is 1. The fraction of sp³-hybridized carbons (Fsp3) is 0.214. The van der Waals surface area contributed by atoms with Gasteiger partial charge in [-0.1, -0.05) is 5.16 Å². The van der Waals surface area contributed by atoms with Crippen molar-refractivity contribution in [1.29, 1.82) is 0 Å². The van der Waals surface area contributed by atoms with Gasteiger partial charge in [0.1, 0.15) is 11.5 Å². The van der Waals surface area contributed by atoms with Crippen LogP contribution in [0.1, 0.15) is 16.9 Å². The first kappa shape index (κ1) is 12.5. The van der Waals surface area contributed by atoms with Crippen molar-refractivity contribution in [3.8, 4) is 23.0 Å². The smallest absolute Gasteiger partial charge is 0.261 e. The summed E-state index contributed by atoms with van der Waals surface area (Å²) < 4.78 is 18.2. The Morgan fingerprint density at radius 3 is 3.00 bits per heavy atom. The van der Waals surface area contributed by atoms with Crippen molar-refractivity contribution in [1.82, 2.24) is 15.1 Å². The molecule has 7 heteroatoms. The molecule has 3 heterocycles. The topological polar surface area (TPSA) is 77.8 Å². The van der Waals surface area contributed by atoms with Crippen LogP contribution in [0.15, 0.2) is 22.9 Å². The van der Waals surface area contributed by atoms with Crippen LogP contribution in [0, 0.1) is 5.82 Å². The third-order valence-corrected chi connectivity index (χ3v) is 4.67. The molecule has 0 amide bonds. The van der Waals surface area contributed by atoms with Gasteiger partial charge in [-0.15, -0.1) is 11.3 Å². The third-order valence-electron chi connectivity index (χ3n) is 3.54. The van der Waals surface area contributed by atoms with Crippen LogP contribution < -0.4 is 5.73 Å². The van der Waals surface area contributed by atoms with Gasteiger partial charge in [-0.3, -0.25) is 0 Å². The SMILES string of the molecule is Nc1sc2c(c1-c1nc(-c3ccc(F)cn3)no1)CCC2. The number of aryl methyl sites for hydroxylation is 1. The lowest BCUT2D eigenvalue weighted by atomic mass is 10.1. The van der Waals surface area contributed by atoms with Crippen molar-refractivity contribution in [3.05, 3.63) is 34.6 Å². The molecule has 106 valence electrons. The Morgan fingerprint density at radius 2 is 2.19 bits per heavy atom. The zero-order valence-corrected chi connectivity index (χ0v) is 11.8. The monoisotopic (exact) mass is 302 g/mol. The van der Waals surface area contributed by atoms with Crippen molar-refractivity contribution < 1.29 is 8.91 Å². The van der Waals surface area contributed by atoms with E-state index in [0.717, 1.165) is 31.0 Å².